The third-order valence-corrected chi connectivity index (χ3v) is 3.12. The van der Waals surface area contributed by atoms with Crippen LogP contribution >= 0.6 is 0 Å². The fraction of sp³-hybridized carbons (Fsp3) is 0.267. The first-order valence-electron chi connectivity index (χ1n) is 6.43. The summed E-state index contributed by atoms with van der Waals surface area (Å²) in [5, 5.41) is 2.68. The van der Waals surface area contributed by atoms with Crippen LogP contribution in [0.5, 0.6) is 0 Å². The van der Waals surface area contributed by atoms with Gasteiger partial charge in [0.1, 0.15) is 0 Å². The van der Waals surface area contributed by atoms with Crippen molar-refractivity contribution in [2.75, 3.05) is 6.54 Å². The molecule has 5 heteroatoms. The van der Waals surface area contributed by atoms with Gasteiger partial charge in [-0.2, -0.15) is 0 Å². The molecule has 1 heterocycles. The number of amides is 3. The van der Waals surface area contributed by atoms with Crippen LogP contribution in [-0.4, -0.2) is 29.2 Å². The second-order valence-corrected chi connectivity index (χ2v) is 4.57. The first kappa shape index (κ1) is 14.0. The SMILES string of the molecule is C=CCNC(=O)c1ccc(CN2C(=O)CCC2=O)cc1. The average molecular weight is 272 g/mol. The summed E-state index contributed by atoms with van der Waals surface area (Å²) in [6.07, 6.45) is 2.19. The van der Waals surface area contributed by atoms with Crippen LogP contribution in [0.25, 0.3) is 0 Å². The Hall–Kier alpha value is -2.43. The highest BCUT2D eigenvalue weighted by atomic mass is 16.2. The summed E-state index contributed by atoms with van der Waals surface area (Å²) in [4.78, 5) is 36.0. The third kappa shape index (κ3) is 3.12. The first-order valence-corrected chi connectivity index (χ1v) is 6.43. The Bertz CT molecular complexity index is 533. The van der Waals surface area contributed by atoms with E-state index >= 15 is 0 Å². The normalized spacial score (nSPS) is 14.5. The molecule has 20 heavy (non-hydrogen) atoms. The zero-order chi connectivity index (χ0) is 14.5. The fourth-order valence-corrected chi connectivity index (χ4v) is 2.01. The summed E-state index contributed by atoms with van der Waals surface area (Å²) >= 11 is 0. The van der Waals surface area contributed by atoms with Gasteiger partial charge in [0.15, 0.2) is 0 Å². The van der Waals surface area contributed by atoms with E-state index in [0.717, 1.165) is 5.56 Å². The highest BCUT2D eigenvalue weighted by molar-refractivity contribution is 6.01. The topological polar surface area (TPSA) is 66.5 Å². The predicted octanol–water partition coefficient (Wildman–Crippen LogP) is 1.25. The molecule has 0 saturated carbocycles. The third-order valence-electron chi connectivity index (χ3n) is 3.12. The first-order chi connectivity index (χ1) is 9.61. The van der Waals surface area contributed by atoms with Crippen molar-refractivity contribution < 1.29 is 14.4 Å². The molecular formula is C15H16N2O3. The van der Waals surface area contributed by atoms with E-state index in [4.69, 9.17) is 0 Å². The van der Waals surface area contributed by atoms with Gasteiger partial charge in [-0.15, -0.1) is 6.58 Å². The smallest absolute Gasteiger partial charge is 0.251 e. The predicted molar refractivity (Wildman–Crippen MR) is 73.8 cm³/mol. The number of nitrogens with one attached hydrogen (secondary N) is 1. The number of rotatable bonds is 5. The summed E-state index contributed by atoms with van der Waals surface area (Å²) in [6.45, 7) is 4.21. The molecule has 1 aromatic carbocycles. The van der Waals surface area contributed by atoms with E-state index in [-0.39, 0.29) is 24.3 Å². The molecule has 104 valence electrons. The van der Waals surface area contributed by atoms with Crippen LogP contribution in [-0.2, 0) is 16.1 Å². The minimum absolute atomic E-state index is 0.136. The molecule has 1 aliphatic heterocycles. The summed E-state index contributed by atoms with van der Waals surface area (Å²) in [7, 11) is 0. The van der Waals surface area contributed by atoms with Gasteiger partial charge < -0.3 is 5.32 Å². The number of likely N-dealkylation sites (tertiary alicyclic amines) is 1. The summed E-state index contributed by atoms with van der Waals surface area (Å²) in [5.41, 5.74) is 1.36. The fourth-order valence-electron chi connectivity index (χ4n) is 2.01. The molecule has 3 amide bonds. The van der Waals surface area contributed by atoms with Gasteiger partial charge in [0, 0.05) is 24.9 Å². The quantitative estimate of drug-likeness (QED) is 0.648. The van der Waals surface area contributed by atoms with Crippen LogP contribution in [0.15, 0.2) is 36.9 Å². The molecule has 0 aliphatic carbocycles. The molecular weight excluding hydrogens is 256 g/mol. The van der Waals surface area contributed by atoms with E-state index in [1.54, 1.807) is 30.3 Å². The van der Waals surface area contributed by atoms with Crippen LogP contribution in [0.4, 0.5) is 0 Å². The molecule has 0 bridgehead atoms. The van der Waals surface area contributed by atoms with Gasteiger partial charge in [0.2, 0.25) is 11.8 Å². The van der Waals surface area contributed by atoms with E-state index in [9.17, 15) is 14.4 Å². The summed E-state index contributed by atoms with van der Waals surface area (Å²) < 4.78 is 0. The maximum Gasteiger partial charge on any atom is 0.251 e. The Balaban J connectivity index is 2.01. The van der Waals surface area contributed by atoms with Crippen molar-refractivity contribution >= 4 is 17.7 Å². The lowest BCUT2D eigenvalue weighted by Crippen LogP contribution is -2.28. The Morgan fingerprint density at radius 3 is 2.35 bits per heavy atom. The highest BCUT2D eigenvalue weighted by Crippen LogP contribution is 2.16. The second-order valence-electron chi connectivity index (χ2n) is 4.57. The van der Waals surface area contributed by atoms with Gasteiger partial charge in [-0.3, -0.25) is 19.3 Å². The number of imide groups is 1. The Morgan fingerprint density at radius 1 is 1.20 bits per heavy atom. The van der Waals surface area contributed by atoms with E-state index in [1.165, 1.54) is 4.90 Å². The van der Waals surface area contributed by atoms with E-state index < -0.39 is 0 Å². The molecule has 1 fully saturated rings. The lowest BCUT2D eigenvalue weighted by atomic mass is 10.1. The minimum atomic E-state index is -0.176. The molecule has 1 aliphatic rings. The molecule has 5 nitrogen and oxygen atoms in total. The van der Waals surface area contributed by atoms with Gasteiger partial charge in [0.25, 0.3) is 5.91 Å². The zero-order valence-corrected chi connectivity index (χ0v) is 11.1. The molecule has 1 aromatic rings. The largest absolute Gasteiger partial charge is 0.349 e. The van der Waals surface area contributed by atoms with Crippen molar-refractivity contribution in [2.45, 2.75) is 19.4 Å². The molecule has 0 unspecified atom stereocenters. The maximum absolute atomic E-state index is 11.7. The van der Waals surface area contributed by atoms with Crippen molar-refractivity contribution in [1.29, 1.82) is 0 Å². The number of hydrogen-bond acceptors (Lipinski definition) is 3. The van der Waals surface area contributed by atoms with Crippen LogP contribution < -0.4 is 5.32 Å². The van der Waals surface area contributed by atoms with Crippen molar-refractivity contribution in [2.24, 2.45) is 0 Å². The number of carbonyl (C=O) groups is 3. The van der Waals surface area contributed by atoms with Gasteiger partial charge in [-0.05, 0) is 17.7 Å². The molecule has 0 atom stereocenters. The highest BCUT2D eigenvalue weighted by Gasteiger charge is 2.28. The maximum atomic E-state index is 11.7. The van der Waals surface area contributed by atoms with E-state index in [2.05, 4.69) is 11.9 Å². The molecule has 1 saturated heterocycles. The number of hydrogen-bond donors (Lipinski definition) is 1. The van der Waals surface area contributed by atoms with Gasteiger partial charge >= 0.3 is 0 Å². The van der Waals surface area contributed by atoms with Gasteiger partial charge in [-0.1, -0.05) is 18.2 Å². The van der Waals surface area contributed by atoms with Crippen LogP contribution in [0.1, 0.15) is 28.8 Å². The summed E-state index contributed by atoms with van der Waals surface area (Å²) in [6, 6.07) is 6.86. The van der Waals surface area contributed by atoms with Crippen LogP contribution in [0.3, 0.4) is 0 Å². The monoisotopic (exact) mass is 272 g/mol. The van der Waals surface area contributed by atoms with Crippen LogP contribution in [0, 0.1) is 0 Å². The zero-order valence-electron chi connectivity index (χ0n) is 11.1. The molecule has 0 radical (unpaired) electrons. The van der Waals surface area contributed by atoms with Crippen molar-refractivity contribution in [3.8, 4) is 0 Å². The molecule has 0 aromatic heterocycles. The van der Waals surface area contributed by atoms with Gasteiger partial charge in [0.05, 0.1) is 6.54 Å². The lowest BCUT2D eigenvalue weighted by molar-refractivity contribution is -0.139. The number of benzene rings is 1. The number of nitrogens with zero attached hydrogens (tertiary/aromatic N) is 1. The lowest BCUT2D eigenvalue weighted by Gasteiger charge is -2.13. The standard InChI is InChI=1S/C15H16N2O3/c1-2-9-16-15(20)12-5-3-11(4-6-12)10-17-13(18)7-8-14(17)19/h2-6H,1,7-10H2,(H,16,20). The Kier molecular flexibility index (Phi) is 4.30. The van der Waals surface area contributed by atoms with E-state index in [1.807, 2.05) is 0 Å². The number of carbonyl (C=O) groups excluding carboxylic acids is 3. The second kappa shape index (κ2) is 6.14. The van der Waals surface area contributed by atoms with Crippen molar-refractivity contribution in [1.82, 2.24) is 10.2 Å². The minimum Gasteiger partial charge on any atom is -0.349 e. The van der Waals surface area contributed by atoms with Crippen molar-refractivity contribution in [3.63, 3.8) is 0 Å². The van der Waals surface area contributed by atoms with Crippen molar-refractivity contribution in [3.05, 3.63) is 48.0 Å². The molecule has 0 spiro atoms. The summed E-state index contributed by atoms with van der Waals surface area (Å²) in [5.74, 6) is -0.449. The van der Waals surface area contributed by atoms with E-state index in [0.29, 0.717) is 24.9 Å². The Labute approximate surface area is 117 Å². The van der Waals surface area contributed by atoms with Gasteiger partial charge in [-0.25, -0.2) is 0 Å². The Morgan fingerprint density at radius 2 is 1.80 bits per heavy atom. The molecule has 1 N–H and O–H groups in total. The average Bonchev–Trinajstić information content (AvgIpc) is 2.77. The molecule has 2 rings (SSSR count). The van der Waals surface area contributed by atoms with Crippen LogP contribution in [0.2, 0.25) is 0 Å².